The molecule has 0 spiro atoms. The van der Waals surface area contributed by atoms with Crippen molar-refractivity contribution in [3.05, 3.63) is 0 Å². The molecule has 0 bridgehead atoms. The van der Waals surface area contributed by atoms with E-state index < -0.39 is 0 Å². The molecule has 30 heavy (non-hydrogen) atoms. The van der Waals surface area contributed by atoms with Crippen LogP contribution in [0.15, 0.2) is 0 Å². The van der Waals surface area contributed by atoms with E-state index in [0.717, 1.165) is 43.1 Å². The van der Waals surface area contributed by atoms with Crippen molar-refractivity contribution in [1.29, 1.82) is 0 Å². The van der Waals surface area contributed by atoms with Gasteiger partial charge >= 0.3 is 5.97 Å². The van der Waals surface area contributed by atoms with E-state index in [1.54, 1.807) is 0 Å². The molecule has 0 rings (SSSR count). The predicted octanol–water partition coefficient (Wildman–Crippen LogP) is 7.73. The second-order valence-electron chi connectivity index (χ2n) is 10.8. The van der Waals surface area contributed by atoms with E-state index in [9.17, 15) is 4.79 Å². The summed E-state index contributed by atoms with van der Waals surface area (Å²) in [7, 11) is 4.06. The monoisotopic (exact) mass is 425 g/mol. The molecule has 3 atom stereocenters. The first kappa shape index (κ1) is 29.4. The topological polar surface area (TPSA) is 29.5 Å². The van der Waals surface area contributed by atoms with Crippen molar-refractivity contribution in [2.24, 2.45) is 23.7 Å². The Labute approximate surface area is 189 Å². The summed E-state index contributed by atoms with van der Waals surface area (Å²) in [5.41, 5.74) is 0. The van der Waals surface area contributed by atoms with Crippen LogP contribution in [0.2, 0.25) is 0 Å². The van der Waals surface area contributed by atoms with Crippen LogP contribution in [0.4, 0.5) is 0 Å². The summed E-state index contributed by atoms with van der Waals surface area (Å²) in [6.45, 7) is 13.4. The van der Waals surface area contributed by atoms with E-state index in [4.69, 9.17) is 4.74 Å². The van der Waals surface area contributed by atoms with Gasteiger partial charge in [-0.25, -0.2) is 0 Å². The second kappa shape index (κ2) is 19.1. The van der Waals surface area contributed by atoms with Crippen LogP contribution in [0.3, 0.4) is 0 Å². The molecule has 0 amide bonds. The van der Waals surface area contributed by atoms with Gasteiger partial charge in [-0.05, 0) is 63.6 Å². The molecule has 0 aromatic heterocycles. The molecule has 0 aliphatic carbocycles. The van der Waals surface area contributed by atoms with Crippen LogP contribution in [-0.4, -0.2) is 38.1 Å². The molecule has 0 heterocycles. The van der Waals surface area contributed by atoms with E-state index in [1.165, 1.54) is 64.2 Å². The Balaban J connectivity index is 3.55. The fourth-order valence-electron chi connectivity index (χ4n) is 4.17. The van der Waals surface area contributed by atoms with Crippen molar-refractivity contribution in [3.63, 3.8) is 0 Å². The van der Waals surface area contributed by atoms with Gasteiger partial charge in [0.25, 0.3) is 0 Å². The maximum absolute atomic E-state index is 11.7. The van der Waals surface area contributed by atoms with Crippen LogP contribution >= 0.6 is 0 Å². The Kier molecular flexibility index (Phi) is 18.8. The largest absolute Gasteiger partial charge is 0.466 e. The van der Waals surface area contributed by atoms with Crippen LogP contribution in [0.1, 0.15) is 118 Å². The smallest absolute Gasteiger partial charge is 0.305 e. The SMILES string of the molecule is CC(C)CCCC(C)CCCC(C)CCCC(C)CCCOC(=O)CCCN(C)C. The van der Waals surface area contributed by atoms with Gasteiger partial charge in [-0.1, -0.05) is 92.4 Å². The lowest BCUT2D eigenvalue weighted by molar-refractivity contribution is -0.144. The minimum Gasteiger partial charge on any atom is -0.466 e. The Bertz CT molecular complexity index is 394. The number of hydrogen-bond acceptors (Lipinski definition) is 3. The lowest BCUT2D eigenvalue weighted by Crippen LogP contribution is -2.15. The first-order valence-electron chi connectivity index (χ1n) is 13.0. The van der Waals surface area contributed by atoms with Crippen LogP contribution in [0.25, 0.3) is 0 Å². The molecule has 0 N–H and O–H groups in total. The Morgan fingerprint density at radius 1 is 0.667 bits per heavy atom. The molecule has 0 fully saturated rings. The molecular weight excluding hydrogens is 370 g/mol. The van der Waals surface area contributed by atoms with Gasteiger partial charge in [-0.3, -0.25) is 4.79 Å². The Hall–Kier alpha value is -0.570. The van der Waals surface area contributed by atoms with Crippen molar-refractivity contribution in [2.75, 3.05) is 27.2 Å². The number of carbonyl (C=O) groups is 1. The summed E-state index contributed by atoms with van der Waals surface area (Å²) in [6.07, 6.45) is 16.0. The average molecular weight is 426 g/mol. The highest BCUT2D eigenvalue weighted by atomic mass is 16.5. The number of carbonyl (C=O) groups excluding carboxylic acids is 1. The number of ether oxygens (including phenoxy) is 1. The first-order chi connectivity index (χ1) is 14.2. The molecule has 0 aromatic carbocycles. The summed E-state index contributed by atoms with van der Waals surface area (Å²) in [5.74, 6) is 3.33. The average Bonchev–Trinajstić information content (AvgIpc) is 2.64. The molecular formula is C27H55NO2. The fourth-order valence-corrected chi connectivity index (χ4v) is 4.17. The third kappa shape index (κ3) is 20.7. The maximum atomic E-state index is 11.7. The molecule has 0 saturated carbocycles. The maximum Gasteiger partial charge on any atom is 0.305 e. The van der Waals surface area contributed by atoms with Gasteiger partial charge < -0.3 is 9.64 Å². The van der Waals surface area contributed by atoms with Gasteiger partial charge in [0, 0.05) is 6.42 Å². The number of rotatable bonds is 20. The highest BCUT2D eigenvalue weighted by Crippen LogP contribution is 2.23. The highest BCUT2D eigenvalue weighted by Gasteiger charge is 2.09. The summed E-state index contributed by atoms with van der Waals surface area (Å²) in [4.78, 5) is 13.8. The van der Waals surface area contributed by atoms with Crippen LogP contribution in [0, 0.1) is 23.7 Å². The van der Waals surface area contributed by atoms with E-state index in [0.29, 0.717) is 13.0 Å². The summed E-state index contributed by atoms with van der Waals surface area (Å²) < 4.78 is 5.36. The quantitative estimate of drug-likeness (QED) is 0.148. The number of esters is 1. The number of hydrogen-bond donors (Lipinski definition) is 0. The van der Waals surface area contributed by atoms with Crippen molar-refractivity contribution >= 4 is 5.97 Å². The first-order valence-corrected chi connectivity index (χ1v) is 13.0. The van der Waals surface area contributed by atoms with E-state index in [1.807, 2.05) is 14.1 Å². The predicted molar refractivity (Wildman–Crippen MR) is 132 cm³/mol. The van der Waals surface area contributed by atoms with Crippen molar-refractivity contribution in [2.45, 2.75) is 118 Å². The second-order valence-corrected chi connectivity index (χ2v) is 10.8. The minimum atomic E-state index is -0.0347. The van der Waals surface area contributed by atoms with Gasteiger partial charge in [0.05, 0.1) is 6.61 Å². The van der Waals surface area contributed by atoms with Crippen LogP contribution < -0.4 is 0 Å². The number of nitrogens with zero attached hydrogens (tertiary/aromatic N) is 1. The molecule has 0 radical (unpaired) electrons. The van der Waals surface area contributed by atoms with Crippen LogP contribution in [0.5, 0.6) is 0 Å². The van der Waals surface area contributed by atoms with Gasteiger partial charge in [-0.15, -0.1) is 0 Å². The lowest BCUT2D eigenvalue weighted by atomic mass is 9.90. The zero-order valence-electron chi connectivity index (χ0n) is 21.7. The Morgan fingerprint density at radius 3 is 1.53 bits per heavy atom. The Morgan fingerprint density at radius 2 is 1.10 bits per heavy atom. The van der Waals surface area contributed by atoms with Crippen molar-refractivity contribution in [3.8, 4) is 0 Å². The third-order valence-corrected chi connectivity index (χ3v) is 6.36. The molecule has 180 valence electrons. The van der Waals surface area contributed by atoms with Gasteiger partial charge in [0.1, 0.15) is 0 Å². The van der Waals surface area contributed by atoms with E-state index in [2.05, 4.69) is 39.5 Å². The highest BCUT2D eigenvalue weighted by molar-refractivity contribution is 5.69. The normalized spacial score (nSPS) is 14.8. The molecule has 0 aliphatic heterocycles. The molecule has 0 saturated heterocycles. The van der Waals surface area contributed by atoms with Gasteiger partial charge in [0.2, 0.25) is 0 Å². The standard InChI is InChI=1S/C27H55NO2/c1-23(2)13-8-14-24(3)15-9-16-25(4)17-10-18-26(5)19-12-22-30-27(29)20-11-21-28(6)7/h23-26H,8-22H2,1-7H3. The summed E-state index contributed by atoms with van der Waals surface area (Å²) >= 11 is 0. The zero-order chi connectivity index (χ0) is 22.8. The minimum absolute atomic E-state index is 0.0347. The zero-order valence-corrected chi connectivity index (χ0v) is 21.7. The van der Waals surface area contributed by atoms with Crippen LogP contribution in [-0.2, 0) is 9.53 Å². The summed E-state index contributed by atoms with van der Waals surface area (Å²) in [6, 6.07) is 0. The molecule has 0 aliphatic rings. The molecule has 3 unspecified atom stereocenters. The van der Waals surface area contributed by atoms with Crippen molar-refractivity contribution in [1.82, 2.24) is 4.90 Å². The van der Waals surface area contributed by atoms with Gasteiger partial charge in [0.15, 0.2) is 0 Å². The lowest BCUT2D eigenvalue weighted by Gasteiger charge is -2.16. The fraction of sp³-hybridized carbons (Fsp3) is 0.963. The molecule has 3 nitrogen and oxygen atoms in total. The molecule has 3 heteroatoms. The molecule has 0 aromatic rings. The third-order valence-electron chi connectivity index (χ3n) is 6.36. The van der Waals surface area contributed by atoms with E-state index in [-0.39, 0.29) is 5.97 Å². The van der Waals surface area contributed by atoms with E-state index >= 15 is 0 Å². The summed E-state index contributed by atoms with van der Waals surface area (Å²) in [5, 5.41) is 0. The van der Waals surface area contributed by atoms with Gasteiger partial charge in [-0.2, -0.15) is 0 Å². The van der Waals surface area contributed by atoms with Crippen molar-refractivity contribution < 1.29 is 9.53 Å².